The van der Waals surface area contributed by atoms with Crippen molar-refractivity contribution in [3.8, 4) is 11.3 Å². The van der Waals surface area contributed by atoms with Gasteiger partial charge in [0.05, 0.1) is 16.3 Å². The van der Waals surface area contributed by atoms with Crippen LogP contribution >= 0.6 is 0 Å². The van der Waals surface area contributed by atoms with Crippen LogP contribution in [0, 0.1) is 25.7 Å². The van der Waals surface area contributed by atoms with E-state index >= 15 is 0 Å². The number of rotatable bonds is 2. The average molecular weight is 414 g/mol. The summed E-state index contributed by atoms with van der Waals surface area (Å²) < 4.78 is 27.4. The minimum absolute atomic E-state index is 0.0633. The quantitative estimate of drug-likeness (QED) is 0.552. The van der Waals surface area contributed by atoms with Crippen LogP contribution in [0.15, 0.2) is 17.2 Å². The molecule has 2 aromatic rings. The molecule has 0 unspecified atom stereocenters. The molecule has 4 rings (SSSR count). The molecule has 1 aromatic carbocycles. The maximum atomic E-state index is 13.2. The van der Waals surface area contributed by atoms with Gasteiger partial charge in [-0.15, -0.1) is 0 Å². The number of benzene rings is 1. The third-order valence-corrected chi connectivity index (χ3v) is 7.63. The van der Waals surface area contributed by atoms with E-state index in [0.717, 1.165) is 0 Å². The summed E-state index contributed by atoms with van der Waals surface area (Å²) in [5.41, 5.74) is 2.59. The van der Waals surface area contributed by atoms with E-state index in [0.29, 0.717) is 27.9 Å². The number of ketones is 3. The van der Waals surface area contributed by atoms with Gasteiger partial charge in [-0.3, -0.25) is 19.1 Å². The van der Waals surface area contributed by atoms with Gasteiger partial charge in [0.25, 0.3) is 0 Å². The second-order valence-corrected chi connectivity index (χ2v) is 10.2. The number of aromatic nitrogens is 2. The number of aryl methyl sites for hydroxylation is 2. The van der Waals surface area contributed by atoms with Crippen molar-refractivity contribution in [1.82, 2.24) is 9.78 Å². The summed E-state index contributed by atoms with van der Waals surface area (Å²) in [4.78, 5) is 38.4. The number of hydrogen-bond donors (Lipinski definition) is 0. The lowest BCUT2D eigenvalue weighted by Crippen LogP contribution is -2.38. The first kappa shape index (κ1) is 19.7. The Morgan fingerprint density at radius 3 is 2.41 bits per heavy atom. The summed E-state index contributed by atoms with van der Waals surface area (Å²) in [6, 6.07) is 1.50. The van der Waals surface area contributed by atoms with Crippen LogP contribution in [0.4, 0.5) is 0 Å². The van der Waals surface area contributed by atoms with Crippen LogP contribution in [0.25, 0.3) is 11.3 Å². The first-order chi connectivity index (χ1) is 13.5. The molecule has 0 spiro atoms. The largest absolute Gasteiger partial charge is 0.298 e. The molecule has 0 N–H and O–H groups in total. The topological polar surface area (TPSA) is 103 Å². The minimum Gasteiger partial charge on any atom is -0.298 e. The number of hydrogen-bond acceptors (Lipinski definition) is 6. The first-order valence-corrected chi connectivity index (χ1v) is 11.2. The maximum absolute atomic E-state index is 13.2. The number of nitrogens with zero attached hydrogens (tertiary/aromatic N) is 2. The molecule has 0 atom stereocenters. The van der Waals surface area contributed by atoms with Crippen molar-refractivity contribution in [2.45, 2.75) is 44.3 Å². The molecule has 152 valence electrons. The van der Waals surface area contributed by atoms with Crippen molar-refractivity contribution in [2.75, 3.05) is 0 Å². The lowest BCUT2D eigenvalue weighted by Gasteiger charge is -2.25. The number of sulfone groups is 1. The van der Waals surface area contributed by atoms with Crippen LogP contribution in [0.1, 0.15) is 46.8 Å². The number of fused-ring (bicyclic) bond motifs is 3. The zero-order chi connectivity index (χ0) is 21.2. The van der Waals surface area contributed by atoms with Gasteiger partial charge in [-0.1, -0.05) is 6.92 Å². The number of carbonyl (C=O) groups excluding carboxylic acids is 3. The molecule has 0 saturated heterocycles. The molecule has 1 aliphatic heterocycles. The van der Waals surface area contributed by atoms with E-state index in [-0.39, 0.29) is 46.5 Å². The monoisotopic (exact) mass is 414 g/mol. The summed E-state index contributed by atoms with van der Waals surface area (Å²) in [5, 5.41) is 4.42. The molecule has 0 amide bonds. The van der Waals surface area contributed by atoms with Gasteiger partial charge in [0.1, 0.15) is 5.92 Å². The predicted octanol–water partition coefficient (Wildman–Crippen LogP) is 2.36. The molecule has 1 aromatic heterocycles. The Balaban J connectivity index is 1.93. The van der Waals surface area contributed by atoms with Gasteiger partial charge in [-0.05, 0) is 37.0 Å². The lowest BCUT2D eigenvalue weighted by molar-refractivity contribution is -0.134. The van der Waals surface area contributed by atoms with Gasteiger partial charge in [0.2, 0.25) is 0 Å². The highest BCUT2D eigenvalue weighted by molar-refractivity contribution is 7.91. The van der Waals surface area contributed by atoms with Gasteiger partial charge >= 0.3 is 0 Å². The Bertz CT molecular complexity index is 1190. The Morgan fingerprint density at radius 1 is 1.17 bits per heavy atom. The number of carbonyl (C=O) groups is 3. The van der Waals surface area contributed by atoms with E-state index in [2.05, 4.69) is 5.10 Å². The average Bonchev–Trinajstić information content (AvgIpc) is 2.94. The standard InChI is InChI=1S/C21H22N2O5S/c1-10-5-15(24)18(16(25)6-10)20(26)14-7-11(2)21-17(12(14)3)19-13(8-23(4)22-19)9-29(21,27)28/h7-8,10,18H,5-6,9H2,1-4H3. The fraction of sp³-hybridized carbons (Fsp3) is 0.429. The van der Waals surface area contributed by atoms with E-state index in [4.69, 9.17) is 0 Å². The molecule has 8 heteroatoms. The summed E-state index contributed by atoms with van der Waals surface area (Å²) in [6.45, 7) is 5.11. The van der Waals surface area contributed by atoms with Crippen molar-refractivity contribution in [3.63, 3.8) is 0 Å². The van der Waals surface area contributed by atoms with Crippen molar-refractivity contribution in [2.24, 2.45) is 18.9 Å². The van der Waals surface area contributed by atoms with E-state index in [9.17, 15) is 22.8 Å². The van der Waals surface area contributed by atoms with Crippen molar-refractivity contribution in [1.29, 1.82) is 0 Å². The van der Waals surface area contributed by atoms with E-state index in [1.54, 1.807) is 31.8 Å². The third-order valence-electron chi connectivity index (χ3n) is 5.79. The van der Waals surface area contributed by atoms with Crippen molar-refractivity contribution >= 4 is 27.2 Å². The van der Waals surface area contributed by atoms with Crippen molar-refractivity contribution < 1.29 is 22.8 Å². The molecule has 0 bridgehead atoms. The second kappa shape index (κ2) is 6.45. The van der Waals surface area contributed by atoms with E-state index < -0.39 is 21.5 Å². The van der Waals surface area contributed by atoms with E-state index in [1.165, 1.54) is 6.07 Å². The normalized spacial score (nSPS) is 22.9. The smallest absolute Gasteiger partial charge is 0.183 e. The molecule has 2 heterocycles. The van der Waals surface area contributed by atoms with Gasteiger partial charge in [0.15, 0.2) is 27.2 Å². The highest BCUT2D eigenvalue weighted by Crippen LogP contribution is 2.42. The van der Waals surface area contributed by atoms with Crippen LogP contribution in [0.5, 0.6) is 0 Å². The molecule has 2 aliphatic rings. The fourth-order valence-corrected chi connectivity index (χ4v) is 6.46. The van der Waals surface area contributed by atoms with Gasteiger partial charge in [0, 0.05) is 42.8 Å². The molecular formula is C21H22N2O5S. The summed E-state index contributed by atoms with van der Waals surface area (Å²) in [7, 11) is -1.88. The Kier molecular flexibility index (Phi) is 4.38. The number of Topliss-reactive ketones (excluding diaryl/α,β-unsaturated/α-hetero) is 3. The van der Waals surface area contributed by atoms with E-state index in [1.807, 2.05) is 6.92 Å². The Hall–Kier alpha value is -2.61. The lowest BCUT2D eigenvalue weighted by atomic mass is 9.76. The van der Waals surface area contributed by atoms with Crippen LogP contribution in [-0.2, 0) is 32.2 Å². The molecular weight excluding hydrogens is 392 g/mol. The van der Waals surface area contributed by atoms with Gasteiger partial charge in [-0.25, -0.2) is 8.42 Å². The molecule has 29 heavy (non-hydrogen) atoms. The minimum atomic E-state index is -3.59. The molecule has 7 nitrogen and oxygen atoms in total. The highest BCUT2D eigenvalue weighted by atomic mass is 32.2. The predicted molar refractivity (Wildman–Crippen MR) is 105 cm³/mol. The summed E-state index contributed by atoms with van der Waals surface area (Å²) >= 11 is 0. The highest BCUT2D eigenvalue weighted by Gasteiger charge is 2.41. The summed E-state index contributed by atoms with van der Waals surface area (Å²) in [6.07, 6.45) is 2.06. The second-order valence-electron chi connectivity index (χ2n) is 8.25. The summed E-state index contributed by atoms with van der Waals surface area (Å²) in [5.74, 6) is -2.78. The molecule has 1 saturated carbocycles. The molecule has 1 aliphatic carbocycles. The van der Waals surface area contributed by atoms with Crippen LogP contribution in [0.2, 0.25) is 0 Å². The Morgan fingerprint density at radius 2 is 1.79 bits per heavy atom. The van der Waals surface area contributed by atoms with Crippen LogP contribution in [-0.4, -0.2) is 35.5 Å². The van der Waals surface area contributed by atoms with Gasteiger partial charge in [-0.2, -0.15) is 5.10 Å². The van der Waals surface area contributed by atoms with Crippen molar-refractivity contribution in [3.05, 3.63) is 34.5 Å². The zero-order valence-electron chi connectivity index (χ0n) is 16.8. The van der Waals surface area contributed by atoms with Crippen LogP contribution in [0.3, 0.4) is 0 Å². The van der Waals surface area contributed by atoms with Crippen LogP contribution < -0.4 is 0 Å². The zero-order valence-corrected chi connectivity index (χ0v) is 17.6. The SMILES string of the molecule is Cc1cc(C(=O)C2C(=O)CC(C)CC2=O)c(C)c2c1S(=O)(=O)Cc1cn(C)nc1-2. The first-order valence-electron chi connectivity index (χ1n) is 9.50. The third kappa shape index (κ3) is 2.97. The Labute approximate surface area is 169 Å². The molecule has 1 fully saturated rings. The maximum Gasteiger partial charge on any atom is 0.183 e. The van der Waals surface area contributed by atoms with Gasteiger partial charge < -0.3 is 0 Å². The molecule has 0 radical (unpaired) electrons. The fourth-order valence-electron chi connectivity index (χ4n) is 4.59.